The van der Waals surface area contributed by atoms with E-state index < -0.39 is 6.10 Å². The molecule has 3 heteroatoms. The summed E-state index contributed by atoms with van der Waals surface area (Å²) in [7, 11) is 0. The van der Waals surface area contributed by atoms with Crippen molar-refractivity contribution in [3.8, 4) is 12.3 Å². The molecule has 0 aliphatic rings. The number of terminal acetylenes is 1. The van der Waals surface area contributed by atoms with Gasteiger partial charge in [-0.1, -0.05) is 5.92 Å². The summed E-state index contributed by atoms with van der Waals surface area (Å²) in [6.45, 7) is 0. The molecule has 1 aromatic heterocycles. The fourth-order valence-corrected chi connectivity index (χ4v) is 0.537. The summed E-state index contributed by atoms with van der Waals surface area (Å²) >= 11 is 0. The highest BCUT2D eigenvalue weighted by Gasteiger charge is 2.01. The van der Waals surface area contributed by atoms with Crippen LogP contribution in [-0.2, 0) is 0 Å². The zero-order valence-electron chi connectivity index (χ0n) is 5.23. The van der Waals surface area contributed by atoms with Crippen LogP contribution in [-0.4, -0.2) is 15.1 Å². The van der Waals surface area contributed by atoms with E-state index in [1.807, 2.05) is 0 Å². The average Bonchev–Trinajstić information content (AvgIpc) is 2.05. The van der Waals surface area contributed by atoms with Gasteiger partial charge < -0.3 is 5.11 Å². The highest BCUT2D eigenvalue weighted by molar-refractivity contribution is 5.10. The Hall–Kier alpha value is -1.40. The molecule has 50 valence electrons. The number of nitrogens with zero attached hydrogens (tertiary/aromatic N) is 2. The molecule has 0 aliphatic carbocycles. The Morgan fingerprint density at radius 1 is 1.60 bits per heavy atom. The first kappa shape index (κ1) is 6.72. The number of rotatable bonds is 1. The van der Waals surface area contributed by atoms with Gasteiger partial charge in [0.05, 0.1) is 11.9 Å². The van der Waals surface area contributed by atoms with Crippen molar-refractivity contribution in [2.45, 2.75) is 6.10 Å². The summed E-state index contributed by atoms with van der Waals surface area (Å²) in [5.41, 5.74) is 0.407. The molecule has 0 saturated carbocycles. The van der Waals surface area contributed by atoms with Crippen LogP contribution in [0.1, 0.15) is 11.8 Å². The van der Waals surface area contributed by atoms with Gasteiger partial charge in [0.25, 0.3) is 0 Å². The van der Waals surface area contributed by atoms with E-state index in [2.05, 4.69) is 15.9 Å². The van der Waals surface area contributed by atoms with Gasteiger partial charge in [-0.25, -0.2) is 0 Å². The quantitative estimate of drug-likeness (QED) is 0.556. The molecule has 1 atom stereocenters. The third-order valence-electron chi connectivity index (χ3n) is 1.02. The van der Waals surface area contributed by atoms with Crippen LogP contribution in [0.2, 0.25) is 0 Å². The molecule has 0 radical (unpaired) electrons. The predicted octanol–water partition coefficient (Wildman–Crippen LogP) is 0.143. The second kappa shape index (κ2) is 2.95. The molecule has 1 aromatic rings. The van der Waals surface area contributed by atoms with Crippen LogP contribution < -0.4 is 0 Å². The van der Waals surface area contributed by atoms with Crippen LogP contribution in [0.15, 0.2) is 18.6 Å². The maximum Gasteiger partial charge on any atom is 0.158 e. The molecule has 1 unspecified atom stereocenters. The third-order valence-corrected chi connectivity index (χ3v) is 1.02. The minimum Gasteiger partial charge on any atom is -0.374 e. The van der Waals surface area contributed by atoms with E-state index >= 15 is 0 Å². The summed E-state index contributed by atoms with van der Waals surface area (Å²) < 4.78 is 0. The highest BCUT2D eigenvalue weighted by Crippen LogP contribution is 2.03. The van der Waals surface area contributed by atoms with E-state index in [4.69, 9.17) is 11.5 Å². The van der Waals surface area contributed by atoms with Gasteiger partial charge in [-0.15, -0.1) is 6.42 Å². The lowest BCUT2D eigenvalue weighted by Crippen LogP contribution is -1.96. The third kappa shape index (κ3) is 1.30. The summed E-state index contributed by atoms with van der Waals surface area (Å²) in [5, 5.41) is 8.99. The molecular formula is C7H6N2O. The summed E-state index contributed by atoms with van der Waals surface area (Å²) in [6.07, 6.45) is 8.44. The molecular weight excluding hydrogens is 128 g/mol. The lowest BCUT2D eigenvalue weighted by Gasteiger charge is -1.98. The van der Waals surface area contributed by atoms with Crippen molar-refractivity contribution in [3.05, 3.63) is 24.3 Å². The van der Waals surface area contributed by atoms with E-state index in [9.17, 15) is 0 Å². The Morgan fingerprint density at radius 2 is 2.40 bits per heavy atom. The molecule has 0 aromatic carbocycles. The van der Waals surface area contributed by atoms with Crippen LogP contribution in [0.5, 0.6) is 0 Å². The van der Waals surface area contributed by atoms with Crippen molar-refractivity contribution in [2.24, 2.45) is 0 Å². The van der Waals surface area contributed by atoms with Gasteiger partial charge in [0.15, 0.2) is 6.10 Å². The molecule has 1 heterocycles. The second-order valence-electron chi connectivity index (χ2n) is 1.70. The van der Waals surface area contributed by atoms with E-state index in [0.717, 1.165) is 0 Å². The maximum absolute atomic E-state index is 8.99. The Balaban J connectivity index is 2.88. The molecule has 1 N–H and O–H groups in total. The first-order valence-electron chi connectivity index (χ1n) is 2.74. The van der Waals surface area contributed by atoms with E-state index in [0.29, 0.717) is 5.69 Å². The molecule has 0 saturated heterocycles. The number of hydrogen-bond donors (Lipinski definition) is 1. The predicted molar refractivity (Wildman–Crippen MR) is 35.8 cm³/mol. The van der Waals surface area contributed by atoms with Gasteiger partial charge >= 0.3 is 0 Å². The van der Waals surface area contributed by atoms with E-state index in [1.54, 1.807) is 0 Å². The lowest BCUT2D eigenvalue weighted by atomic mass is 10.3. The average molecular weight is 134 g/mol. The Kier molecular flexibility index (Phi) is 1.98. The Bertz CT molecular complexity index is 240. The number of aromatic nitrogens is 2. The van der Waals surface area contributed by atoms with Crippen molar-refractivity contribution in [1.82, 2.24) is 9.97 Å². The molecule has 0 fully saturated rings. The number of aliphatic hydroxyl groups excluding tert-OH is 1. The van der Waals surface area contributed by atoms with Gasteiger partial charge in [-0.05, 0) is 0 Å². The highest BCUT2D eigenvalue weighted by atomic mass is 16.3. The molecule has 10 heavy (non-hydrogen) atoms. The minimum atomic E-state index is -0.936. The summed E-state index contributed by atoms with van der Waals surface area (Å²) in [4.78, 5) is 7.53. The topological polar surface area (TPSA) is 46.0 Å². The fourth-order valence-electron chi connectivity index (χ4n) is 0.537. The molecule has 3 nitrogen and oxygen atoms in total. The SMILES string of the molecule is C#CC(O)c1cnccn1. The molecule has 0 aliphatic heterocycles. The molecule has 0 bridgehead atoms. The maximum atomic E-state index is 8.99. The minimum absolute atomic E-state index is 0.407. The van der Waals surface area contributed by atoms with Gasteiger partial charge in [0.2, 0.25) is 0 Å². The van der Waals surface area contributed by atoms with Crippen LogP contribution in [0, 0.1) is 12.3 Å². The van der Waals surface area contributed by atoms with Crippen LogP contribution in [0.3, 0.4) is 0 Å². The zero-order chi connectivity index (χ0) is 7.40. The molecule has 0 spiro atoms. The standard InChI is InChI=1S/C7H6N2O/c1-2-7(10)6-5-8-3-4-9-6/h1,3-5,7,10H. The monoisotopic (exact) mass is 134 g/mol. The first-order valence-corrected chi connectivity index (χ1v) is 2.74. The van der Waals surface area contributed by atoms with Crippen LogP contribution in [0.25, 0.3) is 0 Å². The Labute approximate surface area is 58.8 Å². The largest absolute Gasteiger partial charge is 0.374 e. The van der Waals surface area contributed by atoms with Gasteiger partial charge in [-0.2, -0.15) is 0 Å². The van der Waals surface area contributed by atoms with Crippen molar-refractivity contribution < 1.29 is 5.11 Å². The van der Waals surface area contributed by atoms with Crippen molar-refractivity contribution in [2.75, 3.05) is 0 Å². The normalized spacial score (nSPS) is 12.0. The number of hydrogen-bond acceptors (Lipinski definition) is 3. The first-order chi connectivity index (χ1) is 4.84. The van der Waals surface area contributed by atoms with Crippen molar-refractivity contribution in [3.63, 3.8) is 0 Å². The Morgan fingerprint density at radius 3 is 2.90 bits per heavy atom. The lowest BCUT2D eigenvalue weighted by molar-refractivity contribution is 0.233. The summed E-state index contributed by atoms with van der Waals surface area (Å²) in [6, 6.07) is 0. The second-order valence-corrected chi connectivity index (χ2v) is 1.70. The van der Waals surface area contributed by atoms with Gasteiger partial charge in [0, 0.05) is 12.4 Å². The van der Waals surface area contributed by atoms with Gasteiger partial charge in [0.1, 0.15) is 0 Å². The van der Waals surface area contributed by atoms with E-state index in [-0.39, 0.29) is 0 Å². The summed E-state index contributed by atoms with van der Waals surface area (Å²) in [5.74, 6) is 2.13. The smallest absolute Gasteiger partial charge is 0.158 e. The molecule has 0 amide bonds. The van der Waals surface area contributed by atoms with Crippen molar-refractivity contribution in [1.29, 1.82) is 0 Å². The van der Waals surface area contributed by atoms with Crippen LogP contribution >= 0.6 is 0 Å². The zero-order valence-corrected chi connectivity index (χ0v) is 5.23. The van der Waals surface area contributed by atoms with E-state index in [1.165, 1.54) is 18.6 Å². The fraction of sp³-hybridized carbons (Fsp3) is 0.143. The molecule has 1 rings (SSSR count). The van der Waals surface area contributed by atoms with Crippen LogP contribution in [0.4, 0.5) is 0 Å². The van der Waals surface area contributed by atoms with Gasteiger partial charge in [-0.3, -0.25) is 9.97 Å². The van der Waals surface area contributed by atoms with Crippen molar-refractivity contribution >= 4 is 0 Å². The number of aliphatic hydroxyl groups is 1.